The van der Waals surface area contributed by atoms with Crippen molar-refractivity contribution in [3.63, 3.8) is 0 Å². The Morgan fingerprint density at radius 3 is 1.00 bits per heavy atom. The molecule has 0 aliphatic heterocycles. The third-order valence-electron chi connectivity index (χ3n) is 8.18. The average molecular weight is 484 g/mol. The second-order valence-corrected chi connectivity index (χ2v) is 15.8. The Morgan fingerprint density at radius 1 is 0.333 bits per heavy atom. The topological polar surface area (TPSA) is 0 Å². The molecule has 200 valence electrons. The quantitative estimate of drug-likeness (QED) is 0.0804. The molecule has 0 amide bonds. The van der Waals surface area contributed by atoms with Gasteiger partial charge in [0.1, 0.15) is 0 Å². The van der Waals surface area contributed by atoms with Crippen LogP contribution in [0.4, 0.5) is 0 Å². The summed E-state index contributed by atoms with van der Waals surface area (Å²) in [6.45, 7) is 12.0. The average Bonchev–Trinajstić information content (AvgIpc) is 2.83. The fraction of sp³-hybridized carbons (Fsp3) is 1.00. The van der Waals surface area contributed by atoms with Crippen molar-refractivity contribution in [2.45, 2.75) is 188 Å². The third-order valence-corrected chi connectivity index (χ3v) is 13.9. The summed E-state index contributed by atoms with van der Waals surface area (Å²) in [6, 6.07) is 0. The van der Waals surface area contributed by atoms with E-state index in [9.17, 15) is 0 Å². The number of unbranched alkanes of at least 4 members (excludes halogenated alkanes) is 16. The van der Waals surface area contributed by atoms with Crippen molar-refractivity contribution < 1.29 is 0 Å². The number of rotatable bonds is 27. The second-order valence-electron chi connectivity index (χ2n) is 11.3. The molecule has 0 aromatic carbocycles. The van der Waals surface area contributed by atoms with Gasteiger partial charge in [-0.1, -0.05) is 137 Å². The smallest absolute Gasteiger partial charge is 0.0654 e. The highest BCUT2D eigenvalue weighted by molar-refractivity contribution is 7.76. The van der Waals surface area contributed by atoms with Gasteiger partial charge in [-0.25, -0.2) is 0 Å². The molecule has 0 saturated heterocycles. The summed E-state index contributed by atoms with van der Waals surface area (Å²) in [4.78, 5) is 0. The van der Waals surface area contributed by atoms with Gasteiger partial charge in [-0.3, -0.25) is 0 Å². The van der Waals surface area contributed by atoms with Gasteiger partial charge in [-0.15, -0.1) is 0 Å². The number of hydrogen-bond acceptors (Lipinski definition) is 0. The van der Waals surface area contributed by atoms with E-state index in [4.69, 9.17) is 0 Å². The van der Waals surface area contributed by atoms with Gasteiger partial charge in [-0.2, -0.15) is 0 Å². The van der Waals surface area contributed by atoms with E-state index in [-0.39, 0.29) is 0 Å². The largest absolute Gasteiger partial charge is 0.0697 e. The van der Waals surface area contributed by atoms with E-state index in [1.807, 2.05) is 0 Å². The minimum absolute atomic E-state index is 0.770. The molecule has 0 aliphatic rings. The van der Waals surface area contributed by atoms with Crippen LogP contribution in [0.5, 0.6) is 0 Å². The molecular formula is C32H68P+. The van der Waals surface area contributed by atoms with Crippen LogP contribution in [-0.2, 0) is 0 Å². The highest BCUT2D eigenvalue weighted by Gasteiger charge is 2.42. The van der Waals surface area contributed by atoms with E-state index < -0.39 is 7.26 Å². The maximum atomic E-state index is 2.42. The lowest BCUT2D eigenvalue weighted by atomic mass is 10.0. The third kappa shape index (κ3) is 18.4. The van der Waals surface area contributed by atoms with Crippen LogP contribution in [0.1, 0.15) is 182 Å². The Kier molecular flexibility index (Phi) is 25.9. The first-order chi connectivity index (χ1) is 16.2. The van der Waals surface area contributed by atoms with Crippen LogP contribution >= 0.6 is 7.26 Å². The van der Waals surface area contributed by atoms with E-state index >= 15 is 0 Å². The van der Waals surface area contributed by atoms with Crippen molar-refractivity contribution in [2.75, 3.05) is 18.5 Å². The molecule has 0 spiro atoms. The zero-order chi connectivity index (χ0) is 24.5. The predicted molar refractivity (Wildman–Crippen MR) is 160 cm³/mol. The lowest BCUT2D eigenvalue weighted by molar-refractivity contribution is 0.526. The van der Waals surface area contributed by atoms with E-state index in [1.54, 1.807) is 31.3 Å². The van der Waals surface area contributed by atoms with Crippen LogP contribution in [-0.4, -0.2) is 24.1 Å². The van der Waals surface area contributed by atoms with Crippen LogP contribution in [0.2, 0.25) is 0 Å². The van der Waals surface area contributed by atoms with Gasteiger partial charge >= 0.3 is 0 Å². The van der Waals surface area contributed by atoms with Gasteiger partial charge in [0.2, 0.25) is 0 Å². The number of hydrogen-bond donors (Lipinski definition) is 0. The molecule has 33 heavy (non-hydrogen) atoms. The van der Waals surface area contributed by atoms with Crippen molar-refractivity contribution in [1.29, 1.82) is 0 Å². The first-order valence-electron chi connectivity index (χ1n) is 16.1. The van der Waals surface area contributed by atoms with Crippen LogP contribution in [0.25, 0.3) is 0 Å². The molecule has 0 aromatic heterocycles. The minimum Gasteiger partial charge on any atom is -0.0654 e. The van der Waals surface area contributed by atoms with Crippen LogP contribution in [0.3, 0.4) is 0 Å². The first-order valence-corrected chi connectivity index (χ1v) is 18.5. The highest BCUT2D eigenvalue weighted by Crippen LogP contribution is 2.67. The van der Waals surface area contributed by atoms with Crippen molar-refractivity contribution in [1.82, 2.24) is 0 Å². The zero-order valence-electron chi connectivity index (χ0n) is 24.4. The maximum absolute atomic E-state index is 2.42. The SMILES string of the molecule is CCCCCCCCCCCCCCCC(CCCC)[P+](CCCC)(CCCC)CCCC. The van der Waals surface area contributed by atoms with Gasteiger partial charge < -0.3 is 0 Å². The van der Waals surface area contributed by atoms with Gasteiger partial charge in [-0.05, 0) is 44.9 Å². The van der Waals surface area contributed by atoms with Gasteiger partial charge in [0, 0.05) is 7.26 Å². The molecule has 0 aliphatic carbocycles. The second kappa shape index (κ2) is 25.5. The molecule has 0 rings (SSSR count). The summed E-state index contributed by atoms with van der Waals surface area (Å²) in [5.41, 5.74) is 1.11. The Bertz CT molecular complexity index is 342. The van der Waals surface area contributed by atoms with Gasteiger partial charge in [0.25, 0.3) is 0 Å². The summed E-state index contributed by atoms with van der Waals surface area (Å²) in [6.07, 6.45) is 38.8. The molecular weight excluding hydrogens is 415 g/mol. The molecule has 0 heterocycles. The molecule has 1 unspecified atom stereocenters. The lowest BCUT2D eigenvalue weighted by Crippen LogP contribution is -2.23. The van der Waals surface area contributed by atoms with Crippen molar-refractivity contribution >= 4 is 7.26 Å². The molecule has 0 fully saturated rings. The molecule has 0 nitrogen and oxygen atoms in total. The zero-order valence-corrected chi connectivity index (χ0v) is 25.3. The standard InChI is InChI=1S/C32H68P/c1-6-11-16-17-18-19-20-21-22-23-24-25-26-28-32(27-12-7-2)33(29-13-8-3,30-14-9-4)31-15-10-5/h32H,6-31H2,1-5H3/q+1. The normalized spacial score (nSPS) is 13.0. The summed E-state index contributed by atoms with van der Waals surface area (Å²) >= 11 is 0. The van der Waals surface area contributed by atoms with E-state index in [0.717, 1.165) is 5.66 Å². The van der Waals surface area contributed by atoms with E-state index in [2.05, 4.69) is 34.6 Å². The fourth-order valence-corrected chi connectivity index (χ4v) is 11.9. The Morgan fingerprint density at radius 2 is 0.636 bits per heavy atom. The summed E-state index contributed by atoms with van der Waals surface area (Å²) in [7, 11) is -0.770. The fourth-order valence-electron chi connectivity index (χ4n) is 5.83. The molecule has 0 bridgehead atoms. The summed E-state index contributed by atoms with van der Waals surface area (Å²) in [5, 5.41) is 0. The van der Waals surface area contributed by atoms with Crippen LogP contribution in [0, 0.1) is 0 Å². The molecule has 0 aromatic rings. The van der Waals surface area contributed by atoms with Crippen molar-refractivity contribution in [3.05, 3.63) is 0 Å². The van der Waals surface area contributed by atoms with Crippen LogP contribution < -0.4 is 0 Å². The van der Waals surface area contributed by atoms with E-state index in [0.29, 0.717) is 0 Å². The molecule has 1 atom stereocenters. The molecule has 1 heteroatoms. The maximum Gasteiger partial charge on any atom is 0.0697 e. The van der Waals surface area contributed by atoms with E-state index in [1.165, 1.54) is 135 Å². The van der Waals surface area contributed by atoms with Crippen LogP contribution in [0.15, 0.2) is 0 Å². The predicted octanol–water partition coefficient (Wildman–Crippen LogP) is 12.4. The molecule has 0 N–H and O–H groups in total. The Labute approximate surface area is 213 Å². The monoisotopic (exact) mass is 484 g/mol. The Hall–Kier alpha value is 0.430. The van der Waals surface area contributed by atoms with Crippen molar-refractivity contribution in [3.8, 4) is 0 Å². The lowest BCUT2D eigenvalue weighted by Gasteiger charge is -2.36. The first kappa shape index (κ1) is 33.4. The minimum atomic E-state index is -0.770. The van der Waals surface area contributed by atoms with Gasteiger partial charge in [0.05, 0.1) is 24.1 Å². The van der Waals surface area contributed by atoms with Gasteiger partial charge in [0.15, 0.2) is 0 Å². The molecule has 0 radical (unpaired) electrons. The highest BCUT2D eigenvalue weighted by atomic mass is 31.2. The summed E-state index contributed by atoms with van der Waals surface area (Å²) in [5.74, 6) is 0. The molecule has 0 saturated carbocycles. The Balaban J connectivity index is 4.41. The summed E-state index contributed by atoms with van der Waals surface area (Å²) < 4.78 is 0. The van der Waals surface area contributed by atoms with Crippen molar-refractivity contribution in [2.24, 2.45) is 0 Å².